The second-order valence-corrected chi connectivity index (χ2v) is 8.06. The normalized spacial score (nSPS) is 29.8. The number of amides is 1. The van der Waals surface area contributed by atoms with Crippen molar-refractivity contribution in [3.05, 3.63) is 78.4 Å². The Morgan fingerprint density at radius 2 is 1.75 bits per heavy atom. The lowest BCUT2D eigenvalue weighted by molar-refractivity contribution is -0.333. The van der Waals surface area contributed by atoms with Crippen molar-refractivity contribution in [2.75, 3.05) is 6.61 Å². The smallest absolute Gasteiger partial charge is 0.223 e. The maximum absolute atomic E-state index is 11.9. The summed E-state index contributed by atoms with van der Waals surface area (Å²) < 4.78 is 24.1. The molecule has 7 nitrogen and oxygen atoms in total. The number of benzene rings is 3. The van der Waals surface area contributed by atoms with E-state index in [-0.39, 0.29) is 12.5 Å². The van der Waals surface area contributed by atoms with Crippen molar-refractivity contribution in [3.8, 4) is 5.75 Å². The molecule has 0 aromatic heterocycles. The van der Waals surface area contributed by atoms with Crippen LogP contribution in [0.25, 0.3) is 10.8 Å². The third-order valence-electron chi connectivity index (χ3n) is 5.78. The molecular weight excluding hydrogens is 410 g/mol. The van der Waals surface area contributed by atoms with E-state index >= 15 is 0 Å². The summed E-state index contributed by atoms with van der Waals surface area (Å²) in [4.78, 5) is 11.9. The van der Waals surface area contributed by atoms with Crippen molar-refractivity contribution < 1.29 is 28.8 Å². The number of aliphatic hydroxyl groups excluding tert-OH is 1. The Bertz CT molecular complexity index is 1090. The lowest BCUT2D eigenvalue weighted by Gasteiger charge is -2.47. The van der Waals surface area contributed by atoms with Gasteiger partial charge in [0.25, 0.3) is 0 Å². The molecule has 0 radical (unpaired) electrons. The monoisotopic (exact) mass is 435 g/mol. The van der Waals surface area contributed by atoms with E-state index in [2.05, 4.69) is 5.32 Å². The highest BCUT2D eigenvalue weighted by Gasteiger charge is 2.50. The van der Waals surface area contributed by atoms with E-state index < -0.39 is 36.9 Å². The van der Waals surface area contributed by atoms with Crippen molar-refractivity contribution in [3.63, 3.8) is 0 Å². The first kappa shape index (κ1) is 20.9. The number of hydrogen-bond donors (Lipinski definition) is 2. The average molecular weight is 435 g/mol. The topological polar surface area (TPSA) is 86.3 Å². The average Bonchev–Trinajstić information content (AvgIpc) is 2.82. The zero-order chi connectivity index (χ0) is 22.1. The molecule has 2 N–H and O–H groups in total. The van der Waals surface area contributed by atoms with Gasteiger partial charge in [-0.1, -0.05) is 60.7 Å². The summed E-state index contributed by atoms with van der Waals surface area (Å²) in [5.74, 6) is 0.282. The Labute approximate surface area is 185 Å². The van der Waals surface area contributed by atoms with Crippen LogP contribution in [-0.4, -0.2) is 48.3 Å². The van der Waals surface area contributed by atoms with Crippen molar-refractivity contribution in [2.24, 2.45) is 0 Å². The molecule has 6 atom stereocenters. The van der Waals surface area contributed by atoms with Gasteiger partial charge in [0, 0.05) is 12.5 Å². The molecule has 5 rings (SSSR count). The van der Waals surface area contributed by atoms with Crippen molar-refractivity contribution >= 4 is 16.7 Å². The van der Waals surface area contributed by atoms with E-state index in [1.165, 1.54) is 6.92 Å². The largest absolute Gasteiger partial charge is 0.463 e. The fourth-order valence-electron chi connectivity index (χ4n) is 4.24. The van der Waals surface area contributed by atoms with E-state index in [0.29, 0.717) is 5.75 Å². The number of carbonyl (C=O) groups is 1. The Kier molecular flexibility index (Phi) is 5.80. The van der Waals surface area contributed by atoms with Crippen LogP contribution in [0.2, 0.25) is 0 Å². The fourth-order valence-corrected chi connectivity index (χ4v) is 4.24. The number of carbonyl (C=O) groups excluding carboxylic acids is 1. The number of ether oxygens (including phenoxy) is 4. The number of aliphatic hydroxyl groups is 1. The molecule has 0 bridgehead atoms. The maximum Gasteiger partial charge on any atom is 0.223 e. The molecule has 3 aromatic carbocycles. The Hall–Kier alpha value is -2.97. The van der Waals surface area contributed by atoms with Gasteiger partial charge in [0.1, 0.15) is 30.1 Å². The van der Waals surface area contributed by atoms with Crippen LogP contribution in [0, 0.1) is 0 Å². The summed E-state index contributed by atoms with van der Waals surface area (Å²) in [6, 6.07) is 22.3. The van der Waals surface area contributed by atoms with E-state index in [1.54, 1.807) is 0 Å². The zero-order valence-electron chi connectivity index (χ0n) is 17.6. The Balaban J connectivity index is 1.37. The highest BCUT2D eigenvalue weighted by Crippen LogP contribution is 2.35. The van der Waals surface area contributed by atoms with E-state index in [4.69, 9.17) is 18.9 Å². The van der Waals surface area contributed by atoms with Crippen LogP contribution in [-0.2, 0) is 19.0 Å². The van der Waals surface area contributed by atoms with Crippen molar-refractivity contribution in [1.29, 1.82) is 0 Å². The molecule has 166 valence electrons. The molecule has 7 heteroatoms. The number of hydrogen-bond acceptors (Lipinski definition) is 6. The van der Waals surface area contributed by atoms with Crippen LogP contribution in [0.1, 0.15) is 18.8 Å². The van der Waals surface area contributed by atoms with Gasteiger partial charge >= 0.3 is 0 Å². The number of rotatable bonds is 4. The third-order valence-corrected chi connectivity index (χ3v) is 5.78. The molecular formula is C25H25NO6. The molecule has 1 amide bonds. The lowest BCUT2D eigenvalue weighted by atomic mass is 9.95. The van der Waals surface area contributed by atoms with Gasteiger partial charge in [-0.2, -0.15) is 0 Å². The maximum atomic E-state index is 11.9. The van der Waals surface area contributed by atoms with E-state index in [9.17, 15) is 9.90 Å². The molecule has 2 aliphatic rings. The van der Waals surface area contributed by atoms with Crippen molar-refractivity contribution in [2.45, 2.75) is 43.9 Å². The minimum atomic E-state index is -1.04. The predicted octanol–water partition coefficient (Wildman–Crippen LogP) is 2.92. The van der Waals surface area contributed by atoms with Crippen LogP contribution in [0.5, 0.6) is 5.75 Å². The van der Waals surface area contributed by atoms with Gasteiger partial charge in [0.2, 0.25) is 12.2 Å². The first-order valence-electron chi connectivity index (χ1n) is 10.7. The summed E-state index contributed by atoms with van der Waals surface area (Å²) in [7, 11) is 0. The highest BCUT2D eigenvalue weighted by atomic mass is 16.7. The van der Waals surface area contributed by atoms with Crippen LogP contribution in [0.3, 0.4) is 0 Å². The fraction of sp³-hybridized carbons (Fsp3) is 0.320. The zero-order valence-corrected chi connectivity index (χ0v) is 17.6. The van der Waals surface area contributed by atoms with Gasteiger partial charge in [0.15, 0.2) is 6.29 Å². The minimum absolute atomic E-state index is 0.228. The molecule has 0 aliphatic carbocycles. The van der Waals surface area contributed by atoms with E-state index in [0.717, 1.165) is 16.3 Å². The third kappa shape index (κ3) is 4.20. The summed E-state index contributed by atoms with van der Waals surface area (Å²) in [5, 5.41) is 16.0. The molecule has 2 fully saturated rings. The van der Waals surface area contributed by atoms with Crippen LogP contribution >= 0.6 is 0 Å². The Morgan fingerprint density at radius 1 is 1.00 bits per heavy atom. The van der Waals surface area contributed by atoms with Gasteiger partial charge in [-0.15, -0.1) is 0 Å². The summed E-state index contributed by atoms with van der Waals surface area (Å²) in [6.07, 6.45) is -3.79. The highest BCUT2D eigenvalue weighted by molar-refractivity contribution is 5.83. The SMILES string of the molecule is CC(=O)N[C@@H]1[C@H](Oc2ccc3ccccc3c2)O[C@@H]2CO[C@H](c3ccccc3)O[C@@H]2[C@@H]1O. The lowest BCUT2D eigenvalue weighted by Crippen LogP contribution is -2.67. The molecule has 2 aliphatic heterocycles. The van der Waals surface area contributed by atoms with Crippen LogP contribution in [0.15, 0.2) is 72.8 Å². The number of nitrogens with one attached hydrogen (secondary N) is 1. The number of fused-ring (bicyclic) bond motifs is 2. The van der Waals surface area contributed by atoms with E-state index in [1.807, 2.05) is 72.8 Å². The first-order chi connectivity index (χ1) is 15.6. The Morgan fingerprint density at radius 3 is 2.53 bits per heavy atom. The molecule has 2 heterocycles. The standard InChI is InChI=1S/C25H25NO6/c1-15(27)26-21-22(28)23-20(14-29-24(32-23)17-8-3-2-4-9-17)31-25(21)30-19-12-11-16-7-5-6-10-18(16)13-19/h2-13,20-25,28H,14H2,1H3,(H,26,27)/t20-,21+,22-,23+,24+,25-/m1/s1. The summed E-state index contributed by atoms with van der Waals surface area (Å²) in [5.41, 5.74) is 0.851. The second kappa shape index (κ2) is 8.88. The molecule has 0 saturated carbocycles. The van der Waals surface area contributed by atoms with Gasteiger partial charge < -0.3 is 29.4 Å². The second-order valence-electron chi connectivity index (χ2n) is 8.06. The molecule has 0 spiro atoms. The molecule has 32 heavy (non-hydrogen) atoms. The minimum Gasteiger partial charge on any atom is -0.463 e. The first-order valence-corrected chi connectivity index (χ1v) is 10.7. The molecule has 0 unspecified atom stereocenters. The van der Waals surface area contributed by atoms with Crippen molar-refractivity contribution in [1.82, 2.24) is 5.32 Å². The van der Waals surface area contributed by atoms with Gasteiger partial charge in [0.05, 0.1) is 6.61 Å². The predicted molar refractivity (Wildman–Crippen MR) is 117 cm³/mol. The molecule has 3 aromatic rings. The van der Waals surface area contributed by atoms with Crippen LogP contribution in [0.4, 0.5) is 0 Å². The van der Waals surface area contributed by atoms with Crippen LogP contribution < -0.4 is 10.1 Å². The van der Waals surface area contributed by atoms with Gasteiger partial charge in [-0.05, 0) is 22.9 Å². The quantitative estimate of drug-likeness (QED) is 0.656. The molecule has 2 saturated heterocycles. The summed E-state index contributed by atoms with van der Waals surface area (Å²) >= 11 is 0. The van der Waals surface area contributed by atoms with Gasteiger partial charge in [-0.25, -0.2) is 0 Å². The summed E-state index contributed by atoms with van der Waals surface area (Å²) in [6.45, 7) is 1.62. The van der Waals surface area contributed by atoms with Gasteiger partial charge in [-0.3, -0.25) is 4.79 Å².